The summed E-state index contributed by atoms with van der Waals surface area (Å²) in [7, 11) is -2.14. The zero-order valence-electron chi connectivity index (χ0n) is 15.5. The Morgan fingerprint density at radius 2 is 1.82 bits per heavy atom. The van der Waals surface area contributed by atoms with Gasteiger partial charge in [0.1, 0.15) is 5.75 Å². The largest absolute Gasteiger partial charge is 0.497 e. The third-order valence-electron chi connectivity index (χ3n) is 4.19. The quantitative estimate of drug-likeness (QED) is 0.692. The maximum absolute atomic E-state index is 12.6. The van der Waals surface area contributed by atoms with Gasteiger partial charge in [0.15, 0.2) is 5.03 Å². The fourth-order valence-corrected chi connectivity index (χ4v) is 3.75. The highest BCUT2D eigenvalue weighted by molar-refractivity contribution is 7.91. The highest BCUT2D eigenvalue weighted by Crippen LogP contribution is 2.19. The molecule has 0 saturated heterocycles. The molecule has 1 amide bonds. The van der Waals surface area contributed by atoms with Crippen molar-refractivity contribution in [1.29, 1.82) is 0 Å². The average Bonchev–Trinajstić information content (AvgIpc) is 2.72. The predicted molar refractivity (Wildman–Crippen MR) is 105 cm³/mol. The summed E-state index contributed by atoms with van der Waals surface area (Å²) in [6, 6.07) is 16.7. The molecule has 0 bridgehead atoms. The van der Waals surface area contributed by atoms with Crippen LogP contribution in [0.4, 0.5) is 0 Å². The van der Waals surface area contributed by atoms with E-state index in [4.69, 9.17) is 4.74 Å². The maximum Gasteiger partial charge on any atom is 0.253 e. The van der Waals surface area contributed by atoms with Gasteiger partial charge >= 0.3 is 0 Å². The van der Waals surface area contributed by atoms with Crippen molar-refractivity contribution in [3.8, 4) is 5.75 Å². The molecule has 0 aliphatic carbocycles. The Kier molecular flexibility index (Phi) is 5.75. The molecule has 2 aromatic carbocycles. The number of hydrogen-bond donors (Lipinski definition) is 1. The number of methoxy groups -OCH3 is 1. The first-order valence-corrected chi connectivity index (χ1v) is 10.1. The Morgan fingerprint density at radius 3 is 2.46 bits per heavy atom. The summed E-state index contributed by atoms with van der Waals surface area (Å²) in [6.45, 7) is 2.20. The van der Waals surface area contributed by atoms with Crippen LogP contribution in [0.5, 0.6) is 5.75 Å². The van der Waals surface area contributed by atoms with Crippen molar-refractivity contribution in [2.24, 2.45) is 0 Å². The number of rotatable bonds is 6. The summed E-state index contributed by atoms with van der Waals surface area (Å²) >= 11 is 0. The van der Waals surface area contributed by atoms with E-state index in [0.29, 0.717) is 12.3 Å². The Hall–Kier alpha value is -3.19. The van der Waals surface area contributed by atoms with Gasteiger partial charge < -0.3 is 10.1 Å². The number of benzene rings is 2. The minimum Gasteiger partial charge on any atom is -0.497 e. The number of carbonyl (C=O) groups is 1. The second-order valence-corrected chi connectivity index (χ2v) is 8.13. The lowest BCUT2D eigenvalue weighted by Crippen LogP contribution is -2.23. The molecule has 1 heterocycles. The van der Waals surface area contributed by atoms with E-state index < -0.39 is 9.84 Å². The topological polar surface area (TPSA) is 85.4 Å². The number of nitrogens with zero attached hydrogens (tertiary/aromatic N) is 1. The lowest BCUT2D eigenvalue weighted by Gasteiger charge is -2.08. The van der Waals surface area contributed by atoms with Gasteiger partial charge in [-0.3, -0.25) is 4.79 Å². The molecule has 3 aromatic rings. The van der Waals surface area contributed by atoms with Gasteiger partial charge in [0, 0.05) is 12.7 Å². The minimum atomic E-state index is -3.72. The Bertz CT molecular complexity index is 1080. The molecule has 0 spiro atoms. The molecular weight excluding hydrogens is 376 g/mol. The van der Waals surface area contributed by atoms with Gasteiger partial charge in [-0.05, 0) is 48.9 Å². The van der Waals surface area contributed by atoms with Crippen molar-refractivity contribution in [1.82, 2.24) is 10.3 Å². The molecule has 6 nitrogen and oxygen atoms in total. The molecule has 1 N–H and O–H groups in total. The Balaban J connectivity index is 1.71. The third-order valence-corrected chi connectivity index (χ3v) is 5.88. The highest BCUT2D eigenvalue weighted by atomic mass is 32.2. The smallest absolute Gasteiger partial charge is 0.253 e. The summed E-state index contributed by atoms with van der Waals surface area (Å²) < 4.78 is 30.4. The zero-order chi connectivity index (χ0) is 20.1. The van der Waals surface area contributed by atoms with E-state index in [1.54, 1.807) is 31.4 Å². The normalized spacial score (nSPS) is 11.1. The standard InChI is InChI=1S/C21H20N2O4S/c1-15-6-9-19(10-7-15)28(25,26)20-11-8-17(14-22-20)21(24)23-13-16-4-3-5-18(12-16)27-2/h3-12,14H,13H2,1-2H3,(H,23,24). The predicted octanol–water partition coefficient (Wildman–Crippen LogP) is 3.16. The van der Waals surface area contributed by atoms with Gasteiger partial charge in [0.05, 0.1) is 17.6 Å². The van der Waals surface area contributed by atoms with Gasteiger partial charge in [0.25, 0.3) is 5.91 Å². The van der Waals surface area contributed by atoms with Crippen LogP contribution in [-0.4, -0.2) is 26.4 Å². The van der Waals surface area contributed by atoms with Gasteiger partial charge in [-0.2, -0.15) is 0 Å². The second kappa shape index (κ2) is 8.22. The number of sulfone groups is 1. The van der Waals surface area contributed by atoms with Crippen LogP contribution in [0.3, 0.4) is 0 Å². The number of pyridine rings is 1. The van der Waals surface area contributed by atoms with E-state index in [0.717, 1.165) is 11.1 Å². The van der Waals surface area contributed by atoms with Crippen molar-refractivity contribution in [2.75, 3.05) is 7.11 Å². The number of ether oxygens (including phenoxy) is 1. The number of nitrogens with one attached hydrogen (secondary N) is 1. The molecule has 1 aromatic heterocycles. The molecule has 0 unspecified atom stereocenters. The highest BCUT2D eigenvalue weighted by Gasteiger charge is 2.19. The van der Waals surface area contributed by atoms with Crippen LogP contribution in [0, 0.1) is 6.92 Å². The molecule has 0 aliphatic rings. The van der Waals surface area contributed by atoms with Crippen LogP contribution >= 0.6 is 0 Å². The fourth-order valence-electron chi connectivity index (χ4n) is 2.58. The summed E-state index contributed by atoms with van der Waals surface area (Å²) in [5.74, 6) is 0.369. The summed E-state index contributed by atoms with van der Waals surface area (Å²) in [5.41, 5.74) is 2.14. The number of hydrogen-bond acceptors (Lipinski definition) is 5. The van der Waals surface area contributed by atoms with Crippen molar-refractivity contribution >= 4 is 15.7 Å². The van der Waals surface area contributed by atoms with Crippen LogP contribution in [-0.2, 0) is 16.4 Å². The molecule has 0 aliphatic heterocycles. The van der Waals surface area contributed by atoms with Gasteiger partial charge in [0.2, 0.25) is 9.84 Å². The van der Waals surface area contributed by atoms with Crippen LogP contribution in [0.2, 0.25) is 0 Å². The lowest BCUT2D eigenvalue weighted by molar-refractivity contribution is 0.0950. The van der Waals surface area contributed by atoms with E-state index in [1.807, 2.05) is 31.2 Å². The number of amides is 1. The van der Waals surface area contributed by atoms with Gasteiger partial charge in [-0.25, -0.2) is 13.4 Å². The molecule has 0 atom stereocenters. The Labute approximate surface area is 164 Å². The SMILES string of the molecule is COc1cccc(CNC(=O)c2ccc(S(=O)(=O)c3ccc(C)cc3)nc2)c1. The van der Waals surface area contributed by atoms with Crippen molar-refractivity contribution in [3.05, 3.63) is 83.6 Å². The van der Waals surface area contributed by atoms with Crippen LogP contribution < -0.4 is 10.1 Å². The van der Waals surface area contributed by atoms with Gasteiger partial charge in [-0.15, -0.1) is 0 Å². The summed E-state index contributed by atoms with van der Waals surface area (Å²) in [6.07, 6.45) is 1.27. The molecule has 0 radical (unpaired) electrons. The number of carbonyl (C=O) groups excluding carboxylic acids is 1. The van der Waals surface area contributed by atoms with E-state index in [1.165, 1.54) is 18.3 Å². The molecule has 3 rings (SSSR count). The van der Waals surface area contributed by atoms with E-state index in [-0.39, 0.29) is 21.4 Å². The lowest BCUT2D eigenvalue weighted by atomic mass is 10.2. The van der Waals surface area contributed by atoms with Crippen LogP contribution in [0.15, 0.2) is 76.8 Å². The zero-order valence-corrected chi connectivity index (χ0v) is 16.4. The average molecular weight is 396 g/mol. The monoisotopic (exact) mass is 396 g/mol. The van der Waals surface area contributed by atoms with Gasteiger partial charge in [-0.1, -0.05) is 29.8 Å². The fraction of sp³-hybridized carbons (Fsp3) is 0.143. The maximum atomic E-state index is 12.6. The van der Waals surface area contributed by atoms with Crippen molar-refractivity contribution in [2.45, 2.75) is 23.4 Å². The summed E-state index contributed by atoms with van der Waals surface area (Å²) in [5, 5.41) is 2.68. The third kappa shape index (κ3) is 4.37. The number of aromatic nitrogens is 1. The molecule has 28 heavy (non-hydrogen) atoms. The van der Waals surface area contributed by atoms with Crippen LogP contribution in [0.1, 0.15) is 21.5 Å². The first-order valence-electron chi connectivity index (χ1n) is 8.59. The first-order chi connectivity index (χ1) is 13.4. The molecule has 0 saturated carbocycles. The van der Waals surface area contributed by atoms with Crippen LogP contribution in [0.25, 0.3) is 0 Å². The first kappa shape index (κ1) is 19.6. The number of aryl methyl sites for hydroxylation is 1. The van der Waals surface area contributed by atoms with E-state index in [9.17, 15) is 13.2 Å². The Morgan fingerprint density at radius 1 is 1.07 bits per heavy atom. The molecule has 7 heteroatoms. The van der Waals surface area contributed by atoms with Crippen molar-refractivity contribution < 1.29 is 17.9 Å². The minimum absolute atomic E-state index is 0.0966. The van der Waals surface area contributed by atoms with E-state index in [2.05, 4.69) is 10.3 Å². The summed E-state index contributed by atoms with van der Waals surface area (Å²) in [4.78, 5) is 16.5. The second-order valence-electron chi connectivity index (χ2n) is 6.24. The molecule has 144 valence electrons. The molecular formula is C21H20N2O4S. The van der Waals surface area contributed by atoms with E-state index >= 15 is 0 Å². The molecule has 0 fully saturated rings. The van der Waals surface area contributed by atoms with Crippen molar-refractivity contribution in [3.63, 3.8) is 0 Å².